The summed E-state index contributed by atoms with van der Waals surface area (Å²) in [6.45, 7) is 0. The Kier molecular flexibility index (Phi) is 2.53. The van der Waals surface area contributed by atoms with Crippen molar-refractivity contribution in [1.29, 1.82) is 5.26 Å². The zero-order chi connectivity index (χ0) is 12.7. The standard InChI is InChI=1S/C12H8ClFN4/c13-9-5-8(3-4-10(9)14)18-12(7-1-2-7)11(6-15)16-17-18/h3-5,7H,1-2H2. The van der Waals surface area contributed by atoms with Crippen molar-refractivity contribution >= 4 is 11.6 Å². The molecule has 18 heavy (non-hydrogen) atoms. The summed E-state index contributed by atoms with van der Waals surface area (Å²) in [5, 5.41) is 16.8. The summed E-state index contributed by atoms with van der Waals surface area (Å²) in [4.78, 5) is 0. The van der Waals surface area contributed by atoms with E-state index >= 15 is 0 Å². The highest BCUT2D eigenvalue weighted by Gasteiger charge is 2.32. The molecule has 2 aromatic rings. The van der Waals surface area contributed by atoms with Gasteiger partial charge in [0.15, 0.2) is 5.69 Å². The van der Waals surface area contributed by atoms with Crippen LogP contribution < -0.4 is 0 Å². The van der Waals surface area contributed by atoms with Crippen molar-refractivity contribution in [3.8, 4) is 11.8 Å². The van der Waals surface area contributed by atoms with Crippen LogP contribution in [0.3, 0.4) is 0 Å². The van der Waals surface area contributed by atoms with Crippen molar-refractivity contribution < 1.29 is 4.39 Å². The molecule has 1 aliphatic carbocycles. The van der Waals surface area contributed by atoms with E-state index in [-0.39, 0.29) is 5.02 Å². The minimum Gasteiger partial charge on any atom is -0.216 e. The maximum Gasteiger partial charge on any atom is 0.186 e. The van der Waals surface area contributed by atoms with Crippen LogP contribution in [-0.4, -0.2) is 15.0 Å². The fraction of sp³-hybridized carbons (Fsp3) is 0.250. The highest BCUT2D eigenvalue weighted by atomic mass is 35.5. The molecule has 1 fully saturated rings. The number of nitrogens with zero attached hydrogens (tertiary/aromatic N) is 4. The molecule has 4 nitrogen and oxygen atoms in total. The minimum atomic E-state index is -0.478. The van der Waals surface area contributed by atoms with Crippen LogP contribution in [0.15, 0.2) is 18.2 Å². The van der Waals surface area contributed by atoms with Gasteiger partial charge < -0.3 is 0 Å². The SMILES string of the molecule is N#Cc1nnn(-c2ccc(F)c(Cl)c2)c1C1CC1. The number of benzene rings is 1. The lowest BCUT2D eigenvalue weighted by atomic mass is 10.2. The van der Waals surface area contributed by atoms with E-state index in [1.807, 2.05) is 6.07 Å². The Labute approximate surface area is 108 Å². The molecule has 90 valence electrons. The first-order valence-electron chi connectivity index (χ1n) is 5.52. The fourth-order valence-electron chi connectivity index (χ4n) is 1.90. The van der Waals surface area contributed by atoms with Gasteiger partial charge in [-0.25, -0.2) is 9.07 Å². The van der Waals surface area contributed by atoms with Crippen molar-refractivity contribution in [2.75, 3.05) is 0 Å². The first kappa shape index (κ1) is 11.2. The van der Waals surface area contributed by atoms with E-state index in [0.717, 1.165) is 18.5 Å². The van der Waals surface area contributed by atoms with Gasteiger partial charge in [-0.3, -0.25) is 0 Å². The monoisotopic (exact) mass is 262 g/mol. The van der Waals surface area contributed by atoms with Crippen molar-refractivity contribution in [2.45, 2.75) is 18.8 Å². The number of hydrogen-bond donors (Lipinski definition) is 0. The van der Waals surface area contributed by atoms with E-state index in [2.05, 4.69) is 10.3 Å². The second kappa shape index (κ2) is 4.07. The molecule has 3 rings (SSSR count). The molecule has 0 saturated heterocycles. The number of hydrogen-bond acceptors (Lipinski definition) is 3. The predicted octanol–water partition coefficient (Wildman–Crippen LogP) is 2.81. The molecule has 1 heterocycles. The number of rotatable bonds is 2. The highest BCUT2D eigenvalue weighted by molar-refractivity contribution is 6.30. The maximum absolute atomic E-state index is 13.1. The average Bonchev–Trinajstić information content (AvgIpc) is 3.12. The van der Waals surface area contributed by atoms with Crippen LogP contribution in [0.1, 0.15) is 30.1 Å². The molecule has 1 aliphatic rings. The lowest BCUT2D eigenvalue weighted by molar-refractivity contribution is 0.627. The van der Waals surface area contributed by atoms with Crippen molar-refractivity contribution in [1.82, 2.24) is 15.0 Å². The molecule has 0 N–H and O–H groups in total. The molecule has 0 radical (unpaired) electrons. The third-order valence-corrected chi connectivity index (χ3v) is 3.21. The summed E-state index contributed by atoms with van der Waals surface area (Å²) in [6, 6.07) is 6.37. The summed E-state index contributed by atoms with van der Waals surface area (Å²) < 4.78 is 14.7. The molecule has 0 spiro atoms. The molecule has 0 atom stereocenters. The zero-order valence-electron chi connectivity index (χ0n) is 9.27. The molecular weight excluding hydrogens is 255 g/mol. The van der Waals surface area contributed by atoms with Gasteiger partial charge in [-0.1, -0.05) is 16.8 Å². The highest BCUT2D eigenvalue weighted by Crippen LogP contribution is 2.41. The Morgan fingerprint density at radius 2 is 2.22 bits per heavy atom. The minimum absolute atomic E-state index is 0.0308. The maximum atomic E-state index is 13.1. The van der Waals surface area contributed by atoms with Gasteiger partial charge in [0.25, 0.3) is 0 Å². The van der Waals surface area contributed by atoms with E-state index in [0.29, 0.717) is 17.3 Å². The molecule has 1 saturated carbocycles. The van der Waals surface area contributed by atoms with E-state index in [1.165, 1.54) is 12.1 Å². The van der Waals surface area contributed by atoms with Crippen LogP contribution >= 0.6 is 11.6 Å². The molecule has 6 heteroatoms. The fourth-order valence-corrected chi connectivity index (χ4v) is 2.07. The third kappa shape index (κ3) is 1.75. The Bertz CT molecular complexity index is 655. The Balaban J connectivity index is 2.14. The van der Waals surface area contributed by atoms with Crippen LogP contribution in [0.4, 0.5) is 4.39 Å². The molecular formula is C12H8ClFN4. The molecule has 1 aromatic heterocycles. The Morgan fingerprint density at radius 1 is 1.44 bits per heavy atom. The van der Waals surface area contributed by atoms with E-state index in [4.69, 9.17) is 16.9 Å². The van der Waals surface area contributed by atoms with Crippen LogP contribution in [0, 0.1) is 17.1 Å². The normalized spacial score (nSPS) is 14.5. The second-order valence-corrected chi connectivity index (χ2v) is 4.63. The van der Waals surface area contributed by atoms with E-state index in [1.54, 1.807) is 10.7 Å². The number of nitriles is 1. The number of aromatic nitrogens is 3. The predicted molar refractivity (Wildman–Crippen MR) is 63.0 cm³/mol. The molecule has 0 amide bonds. The largest absolute Gasteiger partial charge is 0.216 e. The summed E-state index contributed by atoms with van der Waals surface area (Å²) in [5.41, 5.74) is 1.75. The summed E-state index contributed by atoms with van der Waals surface area (Å²) in [7, 11) is 0. The molecule has 0 bridgehead atoms. The van der Waals surface area contributed by atoms with E-state index in [9.17, 15) is 4.39 Å². The summed E-state index contributed by atoms with van der Waals surface area (Å²) in [5.74, 6) is -0.160. The van der Waals surface area contributed by atoms with Gasteiger partial charge in [0.2, 0.25) is 0 Å². The van der Waals surface area contributed by atoms with Crippen molar-refractivity contribution in [2.24, 2.45) is 0 Å². The van der Waals surface area contributed by atoms with Crippen LogP contribution in [-0.2, 0) is 0 Å². The summed E-state index contributed by atoms with van der Waals surface area (Å²) in [6.07, 6.45) is 2.05. The second-order valence-electron chi connectivity index (χ2n) is 4.22. The lowest BCUT2D eigenvalue weighted by Crippen LogP contribution is -2.02. The molecule has 0 unspecified atom stereocenters. The topological polar surface area (TPSA) is 54.5 Å². The van der Waals surface area contributed by atoms with Crippen molar-refractivity contribution in [3.05, 3.63) is 40.4 Å². The smallest absolute Gasteiger partial charge is 0.186 e. The van der Waals surface area contributed by atoms with Gasteiger partial charge in [0.05, 0.1) is 16.4 Å². The Hall–Kier alpha value is -1.93. The van der Waals surface area contributed by atoms with Crippen LogP contribution in [0.25, 0.3) is 5.69 Å². The van der Waals surface area contributed by atoms with Crippen LogP contribution in [0.5, 0.6) is 0 Å². The first-order valence-corrected chi connectivity index (χ1v) is 5.89. The van der Waals surface area contributed by atoms with Gasteiger partial charge in [0.1, 0.15) is 11.9 Å². The average molecular weight is 263 g/mol. The van der Waals surface area contributed by atoms with Gasteiger partial charge in [-0.2, -0.15) is 5.26 Å². The molecule has 0 aliphatic heterocycles. The summed E-state index contributed by atoms with van der Waals surface area (Å²) >= 11 is 5.75. The van der Waals surface area contributed by atoms with Crippen LogP contribution in [0.2, 0.25) is 5.02 Å². The van der Waals surface area contributed by atoms with Gasteiger partial charge >= 0.3 is 0 Å². The molecule has 1 aromatic carbocycles. The lowest BCUT2D eigenvalue weighted by Gasteiger charge is -2.06. The Morgan fingerprint density at radius 3 is 2.83 bits per heavy atom. The first-order chi connectivity index (χ1) is 8.70. The van der Waals surface area contributed by atoms with Gasteiger partial charge in [-0.05, 0) is 31.0 Å². The van der Waals surface area contributed by atoms with Gasteiger partial charge in [-0.15, -0.1) is 5.10 Å². The van der Waals surface area contributed by atoms with Gasteiger partial charge in [0, 0.05) is 5.92 Å². The van der Waals surface area contributed by atoms with Crippen molar-refractivity contribution in [3.63, 3.8) is 0 Å². The number of halogens is 2. The third-order valence-electron chi connectivity index (χ3n) is 2.92. The van der Waals surface area contributed by atoms with E-state index < -0.39 is 5.82 Å². The quantitative estimate of drug-likeness (QED) is 0.836. The zero-order valence-corrected chi connectivity index (χ0v) is 10.0.